The van der Waals surface area contributed by atoms with Gasteiger partial charge in [-0.1, -0.05) is 81.1 Å². The van der Waals surface area contributed by atoms with Gasteiger partial charge in [-0.05, 0) is 201 Å². The van der Waals surface area contributed by atoms with Gasteiger partial charge in [0.1, 0.15) is 28.6 Å². The molecule has 3 aliphatic carbocycles. The number of anilines is 3. The first kappa shape index (κ1) is 88.1. The summed E-state index contributed by atoms with van der Waals surface area (Å²) in [5, 5.41) is 24.9. The Balaban J connectivity index is 0.963. The van der Waals surface area contributed by atoms with Gasteiger partial charge in [0.05, 0.1) is 30.2 Å². The molecule has 1 fully saturated rings. The molecule has 9 amide bonds. The van der Waals surface area contributed by atoms with Crippen molar-refractivity contribution < 1.29 is 71.3 Å². The van der Waals surface area contributed by atoms with E-state index in [4.69, 9.17) is 28.1 Å². The lowest BCUT2D eigenvalue weighted by atomic mass is 9.51. The third-order valence-corrected chi connectivity index (χ3v) is 19.8. The predicted molar refractivity (Wildman–Crippen MR) is 429 cm³/mol. The molecule has 4 aromatic carbocycles. The molecule has 1 aliphatic heterocycles. The zero-order chi connectivity index (χ0) is 82.0. The molecule has 1 unspecified atom stereocenters. The number of nitrogens with zero attached hydrogens (tertiary/aromatic N) is 6. The molecule has 1 saturated heterocycles. The average Bonchev–Trinajstić information content (AvgIpc) is 0.840. The van der Waals surface area contributed by atoms with Crippen molar-refractivity contribution in [1.82, 2.24) is 35.6 Å². The van der Waals surface area contributed by atoms with Crippen LogP contribution in [0.25, 0.3) is 21.3 Å². The van der Waals surface area contributed by atoms with Crippen molar-refractivity contribution >= 4 is 81.7 Å². The van der Waals surface area contributed by atoms with Gasteiger partial charge in [0.2, 0.25) is 29.5 Å². The third kappa shape index (κ3) is 26.6. The lowest BCUT2D eigenvalue weighted by Crippen LogP contribution is -2.48. The molecule has 2 heterocycles. The molecule has 2 bridgehead atoms. The highest BCUT2D eigenvalue weighted by molar-refractivity contribution is 5.94. The lowest BCUT2D eigenvalue weighted by molar-refractivity contribution is -0.144. The van der Waals surface area contributed by atoms with Crippen LogP contribution in [-0.2, 0) is 60.2 Å². The molecule has 113 heavy (non-hydrogen) atoms. The Kier molecular flexibility index (Phi) is 32.2. The Morgan fingerprint density at radius 3 is 1.44 bits per heavy atom. The molecule has 5 aromatic rings. The summed E-state index contributed by atoms with van der Waals surface area (Å²) in [7, 11) is 2.98. The number of carbonyl (C=O) groups is 9. The molecule has 0 radical (unpaired) electrons. The Morgan fingerprint density at radius 2 is 1.00 bits per heavy atom. The van der Waals surface area contributed by atoms with Crippen molar-refractivity contribution in [2.45, 2.75) is 237 Å². The van der Waals surface area contributed by atoms with E-state index in [0.29, 0.717) is 56.0 Å². The van der Waals surface area contributed by atoms with Gasteiger partial charge in [-0.15, -0.1) is 0 Å². The number of rotatable bonds is 41. The van der Waals surface area contributed by atoms with Gasteiger partial charge in [0, 0.05) is 118 Å². The molecular formula is C83H115N13O17. The smallest absolute Gasteiger partial charge is 0.422 e. The molecule has 0 spiro atoms. The SMILES string of the molecule is CN(CCOCCNC(=O)CCC12c3cc(NC(=O)CCCCCCCNC(=O)OC(C)(C)C)ccc3C(c3ccc(NC(=O)CCCCCCCNC(=O)OC(C)(C)C)cc31)c1ccc(NC(=O)CCCCCCCNC(=O)OC(C)(C)C)cc12)C(=O)[C@@H]1CC(N=[N+]=[N-])CN1C(=O)COc1ccc2c(=O)oc(=O)n(C)c2c1. The predicted octanol–water partition coefficient (Wildman–Crippen LogP) is 12.8. The van der Waals surface area contributed by atoms with Crippen molar-refractivity contribution in [3.8, 4) is 5.75 Å². The number of fused-ring (bicyclic) bond motifs is 1. The molecule has 614 valence electrons. The highest BCUT2D eigenvalue weighted by Gasteiger charge is 2.52. The summed E-state index contributed by atoms with van der Waals surface area (Å²) in [5.41, 5.74) is 13.0. The van der Waals surface area contributed by atoms with E-state index in [2.05, 4.69) is 47.2 Å². The van der Waals surface area contributed by atoms with Crippen LogP contribution in [0.3, 0.4) is 0 Å². The molecule has 30 heteroatoms. The monoisotopic (exact) mass is 1570 g/mol. The van der Waals surface area contributed by atoms with Crippen LogP contribution in [0.4, 0.5) is 31.4 Å². The molecule has 4 aliphatic rings. The number of amides is 9. The zero-order valence-corrected chi connectivity index (χ0v) is 67.5. The number of hydrogen-bond donors (Lipinski definition) is 7. The van der Waals surface area contributed by atoms with Crippen molar-refractivity contribution in [2.24, 2.45) is 12.2 Å². The quantitative estimate of drug-likeness (QED) is 0.00628. The molecule has 30 nitrogen and oxygen atoms in total. The maximum Gasteiger partial charge on any atom is 0.422 e. The summed E-state index contributed by atoms with van der Waals surface area (Å²) in [6.07, 6.45) is 11.5. The van der Waals surface area contributed by atoms with Crippen molar-refractivity contribution in [1.29, 1.82) is 0 Å². The van der Waals surface area contributed by atoms with Crippen LogP contribution in [0.15, 0.2) is 91.9 Å². The zero-order valence-electron chi connectivity index (χ0n) is 67.5. The van der Waals surface area contributed by atoms with Gasteiger partial charge < -0.3 is 75.1 Å². The number of likely N-dealkylation sites (N-methyl/N-ethyl adjacent to an activating group) is 1. The Morgan fingerprint density at radius 1 is 0.558 bits per heavy atom. The average molecular weight is 1570 g/mol. The summed E-state index contributed by atoms with van der Waals surface area (Å²) < 4.78 is 33.7. The Hall–Kier alpha value is -10.5. The van der Waals surface area contributed by atoms with Gasteiger partial charge in [-0.2, -0.15) is 0 Å². The highest BCUT2D eigenvalue weighted by Crippen LogP contribution is 2.62. The maximum absolute atomic E-state index is 14.5. The normalized spacial score (nSPS) is 16.0. The van der Waals surface area contributed by atoms with E-state index in [1.165, 1.54) is 35.0 Å². The molecule has 7 N–H and O–H groups in total. The first-order valence-corrected chi connectivity index (χ1v) is 39.7. The number of nitrogens with one attached hydrogen (secondary N) is 7. The number of alkyl carbamates (subject to hydrolysis) is 3. The lowest BCUT2D eigenvalue weighted by Gasteiger charge is -2.51. The number of azide groups is 1. The fourth-order valence-corrected chi connectivity index (χ4v) is 14.5. The summed E-state index contributed by atoms with van der Waals surface area (Å²) in [6, 6.07) is 20.4. The minimum atomic E-state index is -1.11. The van der Waals surface area contributed by atoms with Crippen LogP contribution >= 0.6 is 0 Å². The summed E-state index contributed by atoms with van der Waals surface area (Å²) in [5.74, 6) is -2.82. The van der Waals surface area contributed by atoms with E-state index in [-0.39, 0.29) is 118 Å². The van der Waals surface area contributed by atoms with Crippen LogP contribution in [0.1, 0.15) is 236 Å². The van der Waals surface area contributed by atoms with Crippen molar-refractivity contribution in [2.75, 3.05) is 82.1 Å². The molecule has 1 aromatic heterocycles. The number of carbonyl (C=O) groups excluding carboxylic acids is 9. The van der Waals surface area contributed by atoms with Crippen LogP contribution in [-0.4, -0.2) is 163 Å². The number of ether oxygens (including phenoxy) is 5. The van der Waals surface area contributed by atoms with Crippen molar-refractivity contribution in [3.05, 3.63) is 138 Å². The van der Waals surface area contributed by atoms with Crippen LogP contribution < -0.4 is 53.3 Å². The third-order valence-electron chi connectivity index (χ3n) is 19.8. The number of hydrogen-bond acceptors (Lipinski definition) is 18. The second kappa shape index (κ2) is 41.3. The minimum Gasteiger partial charge on any atom is -0.484 e. The second-order valence-electron chi connectivity index (χ2n) is 32.3. The first-order chi connectivity index (χ1) is 53.7. The maximum atomic E-state index is 14.5. The number of benzene rings is 4. The number of unbranched alkanes of at least 4 members (excludes halogenated alkanes) is 12. The van der Waals surface area contributed by atoms with Crippen molar-refractivity contribution in [3.63, 3.8) is 0 Å². The largest absolute Gasteiger partial charge is 0.484 e. The highest BCUT2D eigenvalue weighted by atomic mass is 16.6. The summed E-state index contributed by atoms with van der Waals surface area (Å²) >= 11 is 0. The molecule has 9 rings (SSSR count). The Bertz CT molecular complexity index is 4090. The number of aryl methyl sites for hydroxylation is 1. The van der Waals surface area contributed by atoms with E-state index < -0.39 is 82.4 Å². The fourth-order valence-electron chi connectivity index (χ4n) is 14.5. The van der Waals surface area contributed by atoms with Gasteiger partial charge in [-0.3, -0.25) is 33.3 Å². The van der Waals surface area contributed by atoms with E-state index in [0.717, 1.165) is 115 Å². The van der Waals surface area contributed by atoms with E-state index in [9.17, 15) is 58.3 Å². The number of aromatic nitrogens is 1. The topological polar surface area (TPSA) is 391 Å². The van der Waals surface area contributed by atoms with Gasteiger partial charge in [0.15, 0.2) is 6.61 Å². The molecule has 2 atom stereocenters. The van der Waals surface area contributed by atoms with Crippen LogP contribution in [0, 0.1) is 0 Å². The minimum absolute atomic E-state index is 0.0181. The summed E-state index contributed by atoms with van der Waals surface area (Å²) in [4.78, 5) is 151. The van der Waals surface area contributed by atoms with E-state index in [1.807, 2.05) is 117 Å². The van der Waals surface area contributed by atoms with Crippen LogP contribution in [0.2, 0.25) is 0 Å². The summed E-state index contributed by atoms with van der Waals surface area (Å²) in [6.45, 7) is 17.5. The second-order valence-corrected chi connectivity index (χ2v) is 32.3. The molecule has 0 saturated carbocycles. The van der Waals surface area contributed by atoms with E-state index >= 15 is 0 Å². The molecular weight excluding hydrogens is 1450 g/mol. The van der Waals surface area contributed by atoms with E-state index in [1.54, 1.807) is 7.05 Å². The fraction of sp³-hybridized carbons (Fsp3) is 0.578. The number of likely N-dealkylation sites (tertiary alicyclic amines) is 1. The van der Waals surface area contributed by atoms with Crippen LogP contribution in [0.5, 0.6) is 5.75 Å². The van der Waals surface area contributed by atoms with Gasteiger partial charge in [0.25, 0.3) is 5.91 Å². The van der Waals surface area contributed by atoms with Gasteiger partial charge in [-0.25, -0.2) is 24.0 Å². The standard InChI is InChI=1S/C83H115N13O17/c1-80(2,3)111-76(104)86-40-24-18-12-15-21-27-69(98)89-54-30-34-59-63(47-54)83(39-38-68(97)85-43-45-108-46-44-94(10)74(102)67-50-57(92-93-84)52-96(67)72(101)53-109-58-33-37-62-66(51-58)95(11)79(107)110-75(62)103)64-48-55(90-70(99)28-22-16-13-19-25-41-87-77(105)112-81(4,5)6)31-35-60(64)73(59)61-36-32-56(49-65(61)83)91-71(100)29-23-17-14-20-26-42-88-78(106)113-82(7,8)9/h30-37,47-49,51,57,67,73H,12-29,38-46,50,52-53H2,1-11H3,(H,85,97)(H,86,104)(H,87,105)(H,88,106)(H,89,98)(H,90,99)(H,91,100)/t57?,67-,73?,83?/m0/s1. The van der Waals surface area contributed by atoms with Gasteiger partial charge >= 0.3 is 29.7 Å². The first-order valence-electron chi connectivity index (χ1n) is 39.7. The Labute approximate surface area is 660 Å².